The van der Waals surface area contributed by atoms with Gasteiger partial charge in [-0.05, 0) is 65.8 Å². The number of rotatable bonds is 6. The van der Waals surface area contributed by atoms with E-state index in [9.17, 15) is 14.3 Å². The monoisotopic (exact) mass is 508 g/mol. The van der Waals surface area contributed by atoms with Crippen LogP contribution < -0.4 is 0 Å². The molecule has 9 heteroatoms. The van der Waals surface area contributed by atoms with Gasteiger partial charge in [-0.25, -0.2) is 9.18 Å². The molecular formula is C22H25Cl4FN2O2. The van der Waals surface area contributed by atoms with Gasteiger partial charge < -0.3 is 5.11 Å². The topological polar surface area (TPSA) is 43.8 Å². The quantitative estimate of drug-likeness (QED) is 0.528. The van der Waals surface area contributed by atoms with E-state index in [1.54, 1.807) is 12.1 Å². The molecule has 4 nitrogen and oxygen atoms in total. The number of carbonyl (C=O) groups is 1. The van der Waals surface area contributed by atoms with Crippen molar-refractivity contribution >= 4 is 54.0 Å². The number of carboxylic acids is 1. The summed E-state index contributed by atoms with van der Waals surface area (Å²) in [5.41, 5.74) is 2.80. The predicted molar refractivity (Wildman–Crippen MR) is 127 cm³/mol. The Balaban J connectivity index is 0.00000171. The van der Waals surface area contributed by atoms with Gasteiger partial charge in [-0.2, -0.15) is 0 Å². The highest BCUT2D eigenvalue weighted by Crippen LogP contribution is 2.42. The van der Waals surface area contributed by atoms with Gasteiger partial charge in [0.15, 0.2) is 0 Å². The lowest BCUT2D eigenvalue weighted by atomic mass is 9.98. The molecule has 0 radical (unpaired) electrons. The van der Waals surface area contributed by atoms with Crippen molar-refractivity contribution in [2.24, 2.45) is 0 Å². The van der Waals surface area contributed by atoms with Crippen molar-refractivity contribution in [1.82, 2.24) is 9.80 Å². The Kier molecular flexibility index (Phi) is 9.43. The Morgan fingerprint density at radius 2 is 1.48 bits per heavy atom. The van der Waals surface area contributed by atoms with Crippen molar-refractivity contribution in [2.75, 3.05) is 26.2 Å². The molecule has 1 aliphatic heterocycles. The number of nitrogens with zero attached hydrogens (tertiary/aromatic N) is 2. The van der Waals surface area contributed by atoms with E-state index >= 15 is 0 Å². The second-order valence-electron chi connectivity index (χ2n) is 7.94. The Morgan fingerprint density at radius 3 is 2.00 bits per heavy atom. The number of benzene rings is 2. The molecular weight excluding hydrogens is 485 g/mol. The van der Waals surface area contributed by atoms with Gasteiger partial charge >= 0.3 is 5.97 Å². The predicted octanol–water partition coefficient (Wildman–Crippen LogP) is 5.87. The van der Waals surface area contributed by atoms with Crippen LogP contribution in [0, 0.1) is 5.82 Å². The van der Waals surface area contributed by atoms with E-state index in [1.807, 2.05) is 12.1 Å². The fraction of sp³-hybridized carbons (Fsp3) is 0.409. The van der Waals surface area contributed by atoms with Crippen LogP contribution in [0.5, 0.6) is 0 Å². The largest absolute Gasteiger partial charge is 0.478 e. The second-order valence-corrected chi connectivity index (χ2v) is 8.81. The molecule has 2 aromatic carbocycles. The summed E-state index contributed by atoms with van der Waals surface area (Å²) in [4.78, 5) is 15.9. The van der Waals surface area contributed by atoms with Gasteiger partial charge in [0, 0.05) is 49.3 Å². The van der Waals surface area contributed by atoms with E-state index < -0.39 is 11.8 Å². The zero-order chi connectivity index (χ0) is 20.5. The molecule has 4 rings (SSSR count). The van der Waals surface area contributed by atoms with Crippen LogP contribution in [0.3, 0.4) is 0 Å². The highest BCUT2D eigenvalue weighted by molar-refractivity contribution is 6.34. The summed E-state index contributed by atoms with van der Waals surface area (Å²) in [5.74, 6) is -1.48. The first-order chi connectivity index (χ1) is 13.9. The fourth-order valence-corrected chi connectivity index (χ4v) is 4.58. The molecule has 2 fully saturated rings. The summed E-state index contributed by atoms with van der Waals surface area (Å²) in [6.45, 7) is 5.00. The number of hydrogen-bond acceptors (Lipinski definition) is 3. The van der Waals surface area contributed by atoms with Gasteiger partial charge in [-0.3, -0.25) is 9.80 Å². The maximum absolute atomic E-state index is 14.3. The molecule has 1 saturated carbocycles. The molecule has 0 unspecified atom stereocenters. The van der Waals surface area contributed by atoms with Crippen LogP contribution in [0.4, 0.5) is 4.39 Å². The minimum Gasteiger partial charge on any atom is -0.478 e. The van der Waals surface area contributed by atoms with Gasteiger partial charge in [0.05, 0.1) is 5.56 Å². The molecule has 2 aromatic rings. The Hall–Kier alpha value is -1.08. The third-order valence-electron chi connectivity index (χ3n) is 5.66. The standard InChI is InChI=1S/C22H23Cl2FN2O2.2ClH/c23-17-7-14(8-18(24)10-17)12-26-3-5-27(6-4-26)13-16-9-21(25)20(22(28)29)11-19(16)15-1-2-15;;/h7-11,15H,1-6,12-13H2,(H,28,29);2*1H. The molecule has 170 valence electrons. The van der Waals surface area contributed by atoms with Crippen molar-refractivity contribution in [3.05, 3.63) is 68.4 Å². The highest BCUT2D eigenvalue weighted by atomic mass is 35.5. The zero-order valence-electron chi connectivity index (χ0n) is 16.8. The molecule has 1 heterocycles. The van der Waals surface area contributed by atoms with E-state index in [-0.39, 0.29) is 30.4 Å². The van der Waals surface area contributed by atoms with Crippen molar-refractivity contribution in [3.63, 3.8) is 0 Å². The summed E-state index contributed by atoms with van der Waals surface area (Å²) in [7, 11) is 0. The van der Waals surface area contributed by atoms with Crippen LogP contribution in [-0.2, 0) is 13.1 Å². The Labute approximate surface area is 204 Å². The normalized spacial score (nSPS) is 17.0. The average molecular weight is 510 g/mol. The first kappa shape index (κ1) is 26.2. The Morgan fingerprint density at radius 1 is 0.935 bits per heavy atom. The van der Waals surface area contributed by atoms with E-state index in [0.717, 1.165) is 62.3 Å². The summed E-state index contributed by atoms with van der Waals surface area (Å²) in [6, 6.07) is 8.58. The van der Waals surface area contributed by atoms with Crippen molar-refractivity contribution in [3.8, 4) is 0 Å². The van der Waals surface area contributed by atoms with Crippen LogP contribution in [0.1, 0.15) is 45.8 Å². The summed E-state index contributed by atoms with van der Waals surface area (Å²) in [6.07, 6.45) is 2.10. The number of hydrogen-bond donors (Lipinski definition) is 1. The summed E-state index contributed by atoms with van der Waals surface area (Å²) < 4.78 is 14.3. The van der Waals surface area contributed by atoms with Crippen LogP contribution in [-0.4, -0.2) is 47.1 Å². The second kappa shape index (κ2) is 11.2. The fourth-order valence-electron chi connectivity index (χ4n) is 4.01. The molecule has 0 amide bonds. The van der Waals surface area contributed by atoms with Crippen LogP contribution in [0.25, 0.3) is 0 Å². The van der Waals surface area contributed by atoms with E-state index in [4.69, 9.17) is 23.2 Å². The molecule has 1 N–H and O–H groups in total. The van der Waals surface area contributed by atoms with Crippen molar-refractivity contribution in [1.29, 1.82) is 0 Å². The highest BCUT2D eigenvalue weighted by Gasteiger charge is 2.29. The molecule has 0 spiro atoms. The van der Waals surface area contributed by atoms with Crippen LogP contribution >= 0.6 is 48.0 Å². The maximum atomic E-state index is 14.3. The number of piperazine rings is 1. The molecule has 31 heavy (non-hydrogen) atoms. The van der Waals surface area contributed by atoms with Gasteiger partial charge in [-0.1, -0.05) is 23.2 Å². The molecule has 0 bridgehead atoms. The lowest BCUT2D eigenvalue weighted by molar-refractivity contribution is 0.0691. The number of carboxylic acid groups (broad SMARTS) is 1. The molecule has 2 aliphatic rings. The number of aromatic carboxylic acids is 1. The van der Waals surface area contributed by atoms with E-state index in [0.29, 0.717) is 22.5 Å². The van der Waals surface area contributed by atoms with Gasteiger partial charge in [0.1, 0.15) is 5.82 Å². The van der Waals surface area contributed by atoms with Crippen LogP contribution in [0.15, 0.2) is 30.3 Å². The third kappa shape index (κ3) is 6.70. The SMILES string of the molecule is Cl.Cl.O=C(O)c1cc(C2CC2)c(CN2CCN(Cc3cc(Cl)cc(Cl)c3)CC2)cc1F. The van der Waals surface area contributed by atoms with Crippen LogP contribution in [0.2, 0.25) is 10.0 Å². The van der Waals surface area contributed by atoms with Gasteiger partial charge in [0.2, 0.25) is 0 Å². The van der Waals surface area contributed by atoms with E-state index in [2.05, 4.69) is 9.80 Å². The lowest BCUT2D eigenvalue weighted by Crippen LogP contribution is -2.45. The first-order valence-electron chi connectivity index (χ1n) is 9.84. The molecule has 0 atom stereocenters. The average Bonchev–Trinajstić information content (AvgIpc) is 3.47. The number of halogens is 5. The third-order valence-corrected chi connectivity index (χ3v) is 6.10. The smallest absolute Gasteiger partial charge is 0.338 e. The van der Waals surface area contributed by atoms with E-state index in [1.165, 1.54) is 6.07 Å². The minimum absolute atomic E-state index is 0. The minimum atomic E-state index is -1.20. The van der Waals surface area contributed by atoms with Crippen molar-refractivity contribution < 1.29 is 14.3 Å². The van der Waals surface area contributed by atoms with Gasteiger partial charge in [-0.15, -0.1) is 24.8 Å². The summed E-state index contributed by atoms with van der Waals surface area (Å²) in [5, 5.41) is 10.5. The molecule has 1 aliphatic carbocycles. The summed E-state index contributed by atoms with van der Waals surface area (Å²) >= 11 is 12.2. The first-order valence-corrected chi connectivity index (χ1v) is 10.6. The molecule has 0 aromatic heterocycles. The molecule has 1 saturated heterocycles. The van der Waals surface area contributed by atoms with Gasteiger partial charge in [0.25, 0.3) is 0 Å². The van der Waals surface area contributed by atoms with Crippen molar-refractivity contribution in [2.45, 2.75) is 31.8 Å². The lowest BCUT2D eigenvalue weighted by Gasteiger charge is -2.35. The Bertz CT molecular complexity index is 912. The maximum Gasteiger partial charge on any atom is 0.338 e. The zero-order valence-corrected chi connectivity index (χ0v) is 20.0.